The van der Waals surface area contributed by atoms with Gasteiger partial charge in [0, 0.05) is 21.5 Å². The molecule has 1 heterocycles. The van der Waals surface area contributed by atoms with Gasteiger partial charge in [-0.05, 0) is 31.0 Å². The number of hydrogen-bond donors (Lipinski definition) is 3. The molecule has 1 aliphatic heterocycles. The number of urea groups is 1. The first-order chi connectivity index (χ1) is 12.3. The molecule has 26 heavy (non-hydrogen) atoms. The fraction of sp³-hybridized carbons (Fsp3) is 0.222. The van der Waals surface area contributed by atoms with Gasteiger partial charge in [-0.15, -0.1) is 0 Å². The van der Waals surface area contributed by atoms with Gasteiger partial charge in [0.2, 0.25) is 0 Å². The van der Waals surface area contributed by atoms with Crippen LogP contribution in [0.15, 0.2) is 36.4 Å². The summed E-state index contributed by atoms with van der Waals surface area (Å²) >= 11 is 12.6. The maximum Gasteiger partial charge on any atom is 0.331 e. The molecule has 1 aliphatic rings. The van der Waals surface area contributed by atoms with Crippen LogP contribution in [0.3, 0.4) is 0 Å². The van der Waals surface area contributed by atoms with E-state index in [1.54, 1.807) is 12.1 Å². The van der Waals surface area contributed by atoms with E-state index in [2.05, 4.69) is 5.43 Å². The largest absolute Gasteiger partial charge is 0.480 e. The molecule has 2 aromatic rings. The summed E-state index contributed by atoms with van der Waals surface area (Å²) in [5.41, 5.74) is 10.7. The number of hydrogen-bond acceptors (Lipinski definition) is 3. The van der Waals surface area contributed by atoms with Crippen molar-refractivity contribution in [1.29, 1.82) is 0 Å². The lowest BCUT2D eigenvalue weighted by atomic mass is 9.81. The van der Waals surface area contributed by atoms with Crippen molar-refractivity contribution in [2.75, 3.05) is 5.01 Å². The van der Waals surface area contributed by atoms with E-state index < -0.39 is 18.0 Å². The fourth-order valence-corrected chi connectivity index (χ4v) is 4.00. The van der Waals surface area contributed by atoms with Crippen LogP contribution in [-0.4, -0.2) is 23.1 Å². The predicted octanol–water partition coefficient (Wildman–Crippen LogP) is 3.68. The van der Waals surface area contributed by atoms with E-state index in [0.717, 1.165) is 11.1 Å². The number of halogens is 2. The Balaban J connectivity index is 2.22. The Morgan fingerprint density at radius 3 is 2.62 bits per heavy atom. The lowest BCUT2D eigenvalue weighted by Gasteiger charge is -2.40. The van der Waals surface area contributed by atoms with Gasteiger partial charge in [-0.25, -0.2) is 15.0 Å². The first-order valence-corrected chi connectivity index (χ1v) is 8.67. The number of nitrogens with one attached hydrogen (secondary N) is 1. The number of carbonyl (C=O) groups is 2. The normalized spacial score (nSPS) is 19.0. The number of nitrogens with zero attached hydrogens (tertiary/aromatic N) is 1. The number of rotatable bonds is 3. The van der Waals surface area contributed by atoms with Gasteiger partial charge in [-0.1, -0.05) is 53.0 Å². The van der Waals surface area contributed by atoms with Crippen LogP contribution in [0.25, 0.3) is 0 Å². The second kappa shape index (κ2) is 7.05. The average Bonchev–Trinajstić information content (AvgIpc) is 2.54. The smallest absolute Gasteiger partial charge is 0.331 e. The van der Waals surface area contributed by atoms with Crippen molar-refractivity contribution in [1.82, 2.24) is 5.43 Å². The number of hydrazine groups is 1. The molecule has 2 amide bonds. The lowest BCUT2D eigenvalue weighted by Crippen LogP contribution is -2.56. The zero-order chi connectivity index (χ0) is 19.0. The zero-order valence-electron chi connectivity index (χ0n) is 13.9. The number of primary amides is 1. The number of amides is 2. The lowest BCUT2D eigenvalue weighted by molar-refractivity contribution is -0.139. The minimum Gasteiger partial charge on any atom is -0.480 e. The van der Waals surface area contributed by atoms with Gasteiger partial charge < -0.3 is 10.8 Å². The number of carbonyl (C=O) groups excluding carboxylic acids is 1. The van der Waals surface area contributed by atoms with Crippen molar-refractivity contribution in [2.45, 2.75) is 25.3 Å². The standard InChI is InChI=1S/C18H17Cl2N3O3/c1-9-3-2-4-10(5-9)12-8-15(17(24)25)23(22-18(21)26)14-7-11(19)6-13(20)16(12)14/h2-7,12,15H,8H2,1H3,(H,24,25)(H3,21,22,26)/t12-,15-/m0/s1. The summed E-state index contributed by atoms with van der Waals surface area (Å²) in [6.45, 7) is 1.96. The minimum absolute atomic E-state index is 0.216. The van der Waals surface area contributed by atoms with Gasteiger partial charge in [0.05, 0.1) is 5.69 Å². The summed E-state index contributed by atoms with van der Waals surface area (Å²) in [7, 11) is 0. The Labute approximate surface area is 160 Å². The molecule has 0 saturated heterocycles. The highest BCUT2D eigenvalue weighted by Gasteiger charge is 2.39. The molecule has 3 rings (SSSR count). The third-order valence-electron chi connectivity index (χ3n) is 4.41. The van der Waals surface area contributed by atoms with E-state index in [4.69, 9.17) is 28.9 Å². The van der Waals surface area contributed by atoms with E-state index in [9.17, 15) is 14.7 Å². The minimum atomic E-state index is -1.09. The molecule has 0 aliphatic carbocycles. The van der Waals surface area contributed by atoms with E-state index in [1.807, 2.05) is 31.2 Å². The quantitative estimate of drug-likeness (QED) is 0.740. The zero-order valence-corrected chi connectivity index (χ0v) is 15.4. The third-order valence-corrected chi connectivity index (χ3v) is 4.94. The number of benzene rings is 2. The summed E-state index contributed by atoms with van der Waals surface area (Å²) < 4.78 is 0. The summed E-state index contributed by atoms with van der Waals surface area (Å²) in [6, 6.07) is 9.11. The van der Waals surface area contributed by atoms with Crippen LogP contribution < -0.4 is 16.2 Å². The molecule has 0 saturated carbocycles. The summed E-state index contributed by atoms with van der Waals surface area (Å²) in [5.74, 6) is -1.35. The van der Waals surface area contributed by atoms with Gasteiger partial charge in [0.25, 0.3) is 0 Å². The second-order valence-electron chi connectivity index (χ2n) is 6.22. The second-order valence-corrected chi connectivity index (χ2v) is 7.07. The van der Waals surface area contributed by atoms with Crippen LogP contribution in [-0.2, 0) is 4.79 Å². The number of carboxylic acid groups (broad SMARTS) is 1. The van der Waals surface area contributed by atoms with Crippen molar-refractivity contribution in [3.05, 3.63) is 63.1 Å². The van der Waals surface area contributed by atoms with Crippen LogP contribution in [0.1, 0.15) is 29.0 Å². The number of aryl methyl sites for hydroxylation is 1. The summed E-state index contributed by atoms with van der Waals surface area (Å²) in [4.78, 5) is 23.3. The number of aliphatic carboxylic acids is 1. The van der Waals surface area contributed by atoms with Crippen LogP contribution in [0, 0.1) is 6.92 Å². The highest BCUT2D eigenvalue weighted by molar-refractivity contribution is 6.35. The molecule has 8 heteroatoms. The molecular formula is C18H17Cl2N3O3. The van der Waals surface area contributed by atoms with Gasteiger partial charge in [-0.2, -0.15) is 0 Å². The molecule has 2 aromatic carbocycles. The van der Waals surface area contributed by atoms with Crippen LogP contribution in [0.2, 0.25) is 10.0 Å². The van der Waals surface area contributed by atoms with E-state index in [0.29, 0.717) is 21.3 Å². The maximum absolute atomic E-state index is 11.9. The highest BCUT2D eigenvalue weighted by atomic mass is 35.5. The number of nitrogens with two attached hydrogens (primary N) is 1. The van der Waals surface area contributed by atoms with Crippen molar-refractivity contribution in [3.63, 3.8) is 0 Å². The maximum atomic E-state index is 11.9. The molecule has 0 spiro atoms. The Morgan fingerprint density at radius 2 is 2.00 bits per heavy atom. The molecular weight excluding hydrogens is 377 g/mol. The van der Waals surface area contributed by atoms with E-state index in [1.165, 1.54) is 5.01 Å². The SMILES string of the molecule is Cc1cccc([C@@H]2C[C@@H](C(=O)O)N(NC(N)=O)c3cc(Cl)cc(Cl)c32)c1. The summed E-state index contributed by atoms with van der Waals surface area (Å²) in [5, 5.41) is 11.7. The first-order valence-electron chi connectivity index (χ1n) is 7.91. The van der Waals surface area contributed by atoms with Gasteiger partial charge >= 0.3 is 12.0 Å². The topological polar surface area (TPSA) is 95.7 Å². The van der Waals surface area contributed by atoms with E-state index >= 15 is 0 Å². The van der Waals surface area contributed by atoms with Gasteiger partial charge in [0.1, 0.15) is 6.04 Å². The van der Waals surface area contributed by atoms with Crippen molar-refractivity contribution in [2.24, 2.45) is 5.73 Å². The molecule has 0 bridgehead atoms. The van der Waals surface area contributed by atoms with Crippen molar-refractivity contribution < 1.29 is 14.7 Å². The van der Waals surface area contributed by atoms with Gasteiger partial charge in [0.15, 0.2) is 0 Å². The summed E-state index contributed by atoms with van der Waals surface area (Å²) in [6.07, 6.45) is 0.216. The van der Waals surface area contributed by atoms with Crippen molar-refractivity contribution in [3.8, 4) is 0 Å². The third kappa shape index (κ3) is 3.43. The number of anilines is 1. The fourth-order valence-electron chi connectivity index (χ4n) is 3.39. The Hall–Kier alpha value is -2.44. The highest BCUT2D eigenvalue weighted by Crippen LogP contribution is 2.46. The molecule has 4 N–H and O–H groups in total. The number of fused-ring (bicyclic) bond motifs is 1. The molecule has 6 nitrogen and oxygen atoms in total. The molecule has 0 fully saturated rings. The molecule has 0 unspecified atom stereocenters. The van der Waals surface area contributed by atoms with Crippen LogP contribution in [0.5, 0.6) is 0 Å². The van der Waals surface area contributed by atoms with E-state index in [-0.39, 0.29) is 12.3 Å². The van der Waals surface area contributed by atoms with Gasteiger partial charge in [-0.3, -0.25) is 5.01 Å². The Bertz CT molecular complexity index is 888. The first kappa shape index (κ1) is 18.4. The van der Waals surface area contributed by atoms with Crippen LogP contribution >= 0.6 is 23.2 Å². The molecule has 2 atom stereocenters. The molecule has 0 aromatic heterocycles. The molecule has 0 radical (unpaired) electrons. The Kier molecular flexibility index (Phi) is 4.98. The molecule has 136 valence electrons. The Morgan fingerprint density at radius 1 is 1.27 bits per heavy atom. The number of carboxylic acids is 1. The average molecular weight is 394 g/mol. The van der Waals surface area contributed by atoms with Crippen molar-refractivity contribution >= 4 is 40.9 Å². The van der Waals surface area contributed by atoms with Crippen LogP contribution in [0.4, 0.5) is 10.5 Å². The predicted molar refractivity (Wildman–Crippen MR) is 101 cm³/mol. The monoisotopic (exact) mass is 393 g/mol.